The van der Waals surface area contributed by atoms with Crippen molar-refractivity contribution >= 4 is 0 Å². The Morgan fingerprint density at radius 3 is 0.724 bits per heavy atom. The summed E-state index contributed by atoms with van der Waals surface area (Å²) in [6.45, 7) is 0. The van der Waals surface area contributed by atoms with Crippen LogP contribution in [-0.4, -0.2) is 0 Å². The van der Waals surface area contributed by atoms with Gasteiger partial charge in [-0.05, 0) is 53.4 Å². The molecule has 0 fully saturated rings. The molecule has 0 nitrogen and oxygen atoms in total. The van der Waals surface area contributed by atoms with Crippen LogP contribution < -0.4 is 0 Å². The Morgan fingerprint density at radius 2 is 0.517 bits per heavy atom. The van der Waals surface area contributed by atoms with Gasteiger partial charge in [0.1, 0.15) is 0 Å². The van der Waals surface area contributed by atoms with E-state index in [-0.39, 0.29) is 5.41 Å². The second-order valence-corrected chi connectivity index (χ2v) is 8.15. The third-order valence-corrected chi connectivity index (χ3v) is 5.69. The highest BCUT2D eigenvalue weighted by Gasteiger charge is 2.31. The van der Waals surface area contributed by atoms with Crippen LogP contribution in [-0.2, 0) is 25.7 Å². The van der Waals surface area contributed by atoms with E-state index in [1.807, 2.05) is 0 Å². The molecule has 0 aliphatic carbocycles. The lowest BCUT2D eigenvalue weighted by atomic mass is 9.69. The fourth-order valence-electron chi connectivity index (χ4n) is 4.49. The molecule has 0 saturated heterocycles. The Bertz CT molecular complexity index is 802. The molecular formula is C29H28. The summed E-state index contributed by atoms with van der Waals surface area (Å²) in [7, 11) is 0. The van der Waals surface area contributed by atoms with Gasteiger partial charge in [-0.25, -0.2) is 0 Å². The van der Waals surface area contributed by atoms with Crippen molar-refractivity contribution in [3.63, 3.8) is 0 Å². The standard InChI is InChI=1S/C29H28/c1-5-13-25(14-6-1)21-29(22-26-15-7-2-8-16-26,23-27-17-9-3-10-18-27)24-28-19-11-4-12-20-28/h1-20H,21-24H2. The van der Waals surface area contributed by atoms with Crippen LogP contribution in [0.3, 0.4) is 0 Å². The summed E-state index contributed by atoms with van der Waals surface area (Å²) in [5.41, 5.74) is 5.77. The summed E-state index contributed by atoms with van der Waals surface area (Å²) < 4.78 is 0. The Morgan fingerprint density at radius 1 is 0.310 bits per heavy atom. The van der Waals surface area contributed by atoms with E-state index in [1.165, 1.54) is 22.3 Å². The van der Waals surface area contributed by atoms with E-state index in [2.05, 4.69) is 121 Å². The monoisotopic (exact) mass is 376 g/mol. The van der Waals surface area contributed by atoms with Crippen molar-refractivity contribution < 1.29 is 0 Å². The van der Waals surface area contributed by atoms with Crippen LogP contribution in [0.2, 0.25) is 0 Å². The highest BCUT2D eigenvalue weighted by Crippen LogP contribution is 2.36. The first-order valence-electron chi connectivity index (χ1n) is 10.5. The number of benzene rings is 4. The molecule has 4 rings (SSSR count). The van der Waals surface area contributed by atoms with Crippen molar-refractivity contribution in [2.45, 2.75) is 25.7 Å². The third kappa shape index (κ3) is 5.45. The molecule has 0 spiro atoms. The van der Waals surface area contributed by atoms with Gasteiger partial charge in [0.25, 0.3) is 0 Å². The summed E-state index contributed by atoms with van der Waals surface area (Å²) in [5, 5.41) is 0. The maximum Gasteiger partial charge on any atom is -0.0136 e. The molecule has 0 atom stereocenters. The maximum atomic E-state index is 2.27. The fourth-order valence-corrected chi connectivity index (χ4v) is 4.49. The van der Waals surface area contributed by atoms with Crippen LogP contribution >= 0.6 is 0 Å². The predicted molar refractivity (Wildman–Crippen MR) is 123 cm³/mol. The van der Waals surface area contributed by atoms with Gasteiger partial charge in [0.2, 0.25) is 0 Å². The summed E-state index contributed by atoms with van der Waals surface area (Å²) >= 11 is 0. The zero-order chi connectivity index (χ0) is 19.8. The van der Waals surface area contributed by atoms with Crippen LogP contribution in [0.15, 0.2) is 121 Å². The van der Waals surface area contributed by atoms with E-state index < -0.39 is 0 Å². The van der Waals surface area contributed by atoms with Crippen LogP contribution in [0.1, 0.15) is 22.3 Å². The zero-order valence-corrected chi connectivity index (χ0v) is 16.9. The number of hydrogen-bond donors (Lipinski definition) is 0. The zero-order valence-electron chi connectivity index (χ0n) is 16.9. The SMILES string of the molecule is c1ccc(CC(Cc2ccccc2)(Cc2ccccc2)Cc2ccccc2)cc1. The minimum atomic E-state index is 0.116. The smallest absolute Gasteiger partial charge is 0.0136 e. The summed E-state index contributed by atoms with van der Waals surface area (Å²) in [4.78, 5) is 0. The molecule has 29 heavy (non-hydrogen) atoms. The van der Waals surface area contributed by atoms with E-state index in [0.29, 0.717) is 0 Å². The maximum absolute atomic E-state index is 2.27. The van der Waals surface area contributed by atoms with E-state index in [4.69, 9.17) is 0 Å². The lowest BCUT2D eigenvalue weighted by molar-refractivity contribution is 0.275. The van der Waals surface area contributed by atoms with Crippen molar-refractivity contribution in [2.24, 2.45) is 5.41 Å². The van der Waals surface area contributed by atoms with Gasteiger partial charge in [0.15, 0.2) is 0 Å². The Hall–Kier alpha value is -3.12. The molecule has 0 amide bonds. The normalized spacial score (nSPS) is 11.3. The molecule has 0 saturated carbocycles. The largest absolute Gasteiger partial charge is 0.0622 e. The van der Waals surface area contributed by atoms with Gasteiger partial charge in [0.05, 0.1) is 0 Å². The second kappa shape index (κ2) is 9.39. The molecule has 0 aliphatic heterocycles. The first-order chi connectivity index (χ1) is 14.3. The minimum Gasteiger partial charge on any atom is -0.0622 e. The molecule has 0 heterocycles. The molecule has 0 aromatic heterocycles. The molecule has 0 bridgehead atoms. The highest BCUT2D eigenvalue weighted by atomic mass is 14.3. The molecule has 4 aromatic rings. The molecular weight excluding hydrogens is 348 g/mol. The van der Waals surface area contributed by atoms with Crippen molar-refractivity contribution in [3.8, 4) is 0 Å². The molecule has 0 unspecified atom stereocenters. The van der Waals surface area contributed by atoms with Crippen LogP contribution in [0.4, 0.5) is 0 Å². The second-order valence-electron chi connectivity index (χ2n) is 8.15. The van der Waals surface area contributed by atoms with Gasteiger partial charge in [-0.1, -0.05) is 121 Å². The average molecular weight is 377 g/mol. The average Bonchev–Trinajstić information content (AvgIpc) is 2.76. The molecule has 0 aliphatic rings. The van der Waals surface area contributed by atoms with E-state index >= 15 is 0 Å². The lowest BCUT2D eigenvalue weighted by Crippen LogP contribution is -2.32. The van der Waals surface area contributed by atoms with E-state index in [1.54, 1.807) is 0 Å². The van der Waals surface area contributed by atoms with Crippen molar-refractivity contribution in [2.75, 3.05) is 0 Å². The van der Waals surface area contributed by atoms with Crippen LogP contribution in [0, 0.1) is 5.41 Å². The first-order valence-corrected chi connectivity index (χ1v) is 10.5. The molecule has 0 N–H and O–H groups in total. The van der Waals surface area contributed by atoms with Gasteiger partial charge in [0, 0.05) is 0 Å². The highest BCUT2D eigenvalue weighted by molar-refractivity contribution is 5.27. The Kier molecular flexibility index (Phi) is 6.22. The lowest BCUT2D eigenvalue weighted by Gasteiger charge is -2.35. The fraction of sp³-hybridized carbons (Fsp3) is 0.172. The quantitative estimate of drug-likeness (QED) is 0.312. The topological polar surface area (TPSA) is 0 Å². The number of rotatable bonds is 8. The predicted octanol–water partition coefficient (Wildman–Crippen LogP) is 6.94. The van der Waals surface area contributed by atoms with E-state index in [0.717, 1.165) is 25.7 Å². The van der Waals surface area contributed by atoms with Crippen molar-refractivity contribution in [1.82, 2.24) is 0 Å². The van der Waals surface area contributed by atoms with E-state index in [9.17, 15) is 0 Å². The Balaban J connectivity index is 1.75. The minimum absolute atomic E-state index is 0.116. The Labute approximate surface area is 174 Å². The van der Waals surface area contributed by atoms with Crippen molar-refractivity contribution in [3.05, 3.63) is 144 Å². The van der Waals surface area contributed by atoms with Crippen LogP contribution in [0.25, 0.3) is 0 Å². The van der Waals surface area contributed by atoms with Crippen molar-refractivity contribution in [1.29, 1.82) is 0 Å². The molecule has 0 radical (unpaired) electrons. The number of hydrogen-bond acceptors (Lipinski definition) is 0. The van der Waals surface area contributed by atoms with Gasteiger partial charge in [-0.2, -0.15) is 0 Å². The summed E-state index contributed by atoms with van der Waals surface area (Å²) in [6, 6.07) is 43.9. The van der Waals surface area contributed by atoms with Gasteiger partial charge < -0.3 is 0 Å². The first kappa shape index (κ1) is 19.2. The van der Waals surface area contributed by atoms with Gasteiger partial charge in [-0.15, -0.1) is 0 Å². The molecule has 0 heteroatoms. The third-order valence-electron chi connectivity index (χ3n) is 5.69. The van der Waals surface area contributed by atoms with Gasteiger partial charge >= 0.3 is 0 Å². The van der Waals surface area contributed by atoms with Gasteiger partial charge in [-0.3, -0.25) is 0 Å². The summed E-state index contributed by atoms with van der Waals surface area (Å²) in [6.07, 6.45) is 4.25. The molecule has 144 valence electrons. The molecule has 4 aromatic carbocycles. The van der Waals surface area contributed by atoms with Crippen LogP contribution in [0.5, 0.6) is 0 Å². The summed E-state index contributed by atoms with van der Waals surface area (Å²) in [5.74, 6) is 0.